The van der Waals surface area contributed by atoms with E-state index in [1.807, 2.05) is 0 Å². The Labute approximate surface area is 124 Å². The van der Waals surface area contributed by atoms with E-state index in [0.29, 0.717) is 5.56 Å². The summed E-state index contributed by atoms with van der Waals surface area (Å²) < 4.78 is 40.3. The van der Waals surface area contributed by atoms with Gasteiger partial charge in [0.2, 0.25) is 0 Å². The first-order valence-corrected chi connectivity index (χ1v) is 6.39. The topological polar surface area (TPSA) is 26.3 Å². The summed E-state index contributed by atoms with van der Waals surface area (Å²) in [5, 5.41) is -0.965. The van der Waals surface area contributed by atoms with E-state index in [0.717, 1.165) is 12.1 Å². The molecule has 0 heterocycles. The van der Waals surface area contributed by atoms with Gasteiger partial charge in [0.15, 0.2) is 5.78 Å². The van der Waals surface area contributed by atoms with Gasteiger partial charge in [-0.15, -0.1) is 24.8 Å². The van der Waals surface area contributed by atoms with Gasteiger partial charge in [0, 0.05) is 5.56 Å². The minimum atomic E-state index is -4.80. The highest BCUT2D eigenvalue weighted by molar-refractivity contribution is 6.33. The molecule has 0 aromatic heterocycles. The van der Waals surface area contributed by atoms with Crippen LogP contribution in [-0.2, 0) is 0 Å². The average Bonchev–Trinajstić information content (AvgIpc) is 2.45. The number of Topliss-reactive ketones (excluding diaryl/α,β-unsaturated/α-hetero) is 1. The number of hydrogen-bond acceptors (Lipinski definition) is 2. The number of ketones is 1. The molecule has 6 heteroatoms. The summed E-state index contributed by atoms with van der Waals surface area (Å²) in [6, 6.07) is 13.4. The Morgan fingerprint density at radius 3 is 2.33 bits per heavy atom. The van der Waals surface area contributed by atoms with Crippen molar-refractivity contribution in [2.75, 3.05) is 0 Å². The average molecular weight is 315 g/mol. The predicted octanol–water partition coefficient (Wildman–Crippen LogP) is 4.75. The first kappa shape index (κ1) is 15.4. The number of carbonyl (C=O) groups excluding carboxylic acids is 1. The molecule has 0 spiro atoms. The molecule has 2 aromatic carbocycles. The lowest BCUT2D eigenvalue weighted by Gasteiger charge is -2.12. The summed E-state index contributed by atoms with van der Waals surface area (Å²) in [5.41, 5.74) is 0.631. The minimum Gasteiger partial charge on any atom is -0.406 e. The van der Waals surface area contributed by atoms with Gasteiger partial charge >= 0.3 is 6.36 Å². The van der Waals surface area contributed by atoms with Crippen LogP contribution in [0.4, 0.5) is 13.2 Å². The highest BCUT2D eigenvalue weighted by atomic mass is 35.5. The van der Waals surface area contributed by atoms with E-state index in [-0.39, 0.29) is 5.56 Å². The third-order valence-electron chi connectivity index (χ3n) is 2.67. The summed E-state index contributed by atoms with van der Waals surface area (Å²) in [5.74, 6) is -0.944. The van der Waals surface area contributed by atoms with Crippen molar-refractivity contribution in [1.29, 1.82) is 0 Å². The Bertz CT molecular complexity index is 626. The van der Waals surface area contributed by atoms with E-state index >= 15 is 0 Å². The Kier molecular flexibility index (Phi) is 4.53. The van der Waals surface area contributed by atoms with Crippen LogP contribution in [-0.4, -0.2) is 12.1 Å². The third kappa shape index (κ3) is 4.23. The quantitative estimate of drug-likeness (QED) is 0.601. The molecule has 0 aliphatic rings. The first-order valence-electron chi connectivity index (χ1n) is 5.96. The molecule has 0 fully saturated rings. The van der Waals surface area contributed by atoms with Crippen molar-refractivity contribution >= 4 is 17.4 Å². The van der Waals surface area contributed by atoms with Crippen LogP contribution in [0.25, 0.3) is 0 Å². The molecule has 2 aromatic rings. The molecule has 2 nitrogen and oxygen atoms in total. The third-order valence-corrected chi connectivity index (χ3v) is 3.12. The Hall–Kier alpha value is -2.01. The second-order valence-electron chi connectivity index (χ2n) is 4.21. The largest absolute Gasteiger partial charge is 0.573 e. The smallest absolute Gasteiger partial charge is 0.406 e. The summed E-state index contributed by atoms with van der Waals surface area (Å²) >= 11 is 6.06. The normalized spacial score (nSPS) is 12.8. The second kappa shape index (κ2) is 6.18. The van der Waals surface area contributed by atoms with Gasteiger partial charge in [-0.2, -0.15) is 0 Å². The molecule has 110 valence electrons. The second-order valence-corrected chi connectivity index (χ2v) is 4.65. The molecular formula is C15H10ClF3O2. The van der Waals surface area contributed by atoms with Gasteiger partial charge in [0.05, 0.1) is 0 Å². The maximum Gasteiger partial charge on any atom is 0.573 e. The van der Waals surface area contributed by atoms with Gasteiger partial charge in [0.1, 0.15) is 11.1 Å². The predicted molar refractivity (Wildman–Crippen MR) is 72.5 cm³/mol. The monoisotopic (exact) mass is 314 g/mol. The number of alkyl halides is 4. The highest BCUT2D eigenvalue weighted by Gasteiger charge is 2.31. The molecule has 0 amide bonds. The minimum absolute atomic E-state index is 0.0561. The molecule has 21 heavy (non-hydrogen) atoms. The number of benzene rings is 2. The van der Waals surface area contributed by atoms with E-state index in [4.69, 9.17) is 11.6 Å². The van der Waals surface area contributed by atoms with Crippen molar-refractivity contribution in [3.8, 4) is 5.75 Å². The van der Waals surface area contributed by atoms with Crippen LogP contribution in [0.3, 0.4) is 0 Å². The van der Waals surface area contributed by atoms with Crippen molar-refractivity contribution in [3.63, 3.8) is 0 Å². The van der Waals surface area contributed by atoms with Gasteiger partial charge < -0.3 is 4.74 Å². The molecule has 0 aliphatic carbocycles. The Balaban J connectivity index is 2.22. The van der Waals surface area contributed by atoms with Crippen LogP contribution >= 0.6 is 11.6 Å². The molecule has 1 unspecified atom stereocenters. The fourth-order valence-corrected chi connectivity index (χ4v) is 2.04. The van der Waals surface area contributed by atoms with Crippen LogP contribution in [0.15, 0.2) is 54.6 Å². The zero-order valence-electron chi connectivity index (χ0n) is 10.6. The van der Waals surface area contributed by atoms with Crippen molar-refractivity contribution in [2.24, 2.45) is 0 Å². The summed E-state index contributed by atoms with van der Waals surface area (Å²) in [6.45, 7) is 0. The zero-order valence-corrected chi connectivity index (χ0v) is 11.4. The molecule has 0 radical (unpaired) electrons. The molecule has 0 saturated heterocycles. The lowest BCUT2D eigenvalue weighted by Crippen LogP contribution is -2.17. The van der Waals surface area contributed by atoms with Gasteiger partial charge in [0.25, 0.3) is 0 Å². The van der Waals surface area contributed by atoms with E-state index in [1.165, 1.54) is 12.1 Å². The summed E-state index contributed by atoms with van der Waals surface area (Å²) in [6.07, 6.45) is -4.80. The summed E-state index contributed by atoms with van der Waals surface area (Å²) in [4.78, 5) is 12.2. The van der Waals surface area contributed by atoms with Crippen LogP contribution in [0.5, 0.6) is 5.75 Å². The fourth-order valence-electron chi connectivity index (χ4n) is 1.77. The SMILES string of the molecule is O=C(c1cccc(OC(F)(F)F)c1)C(Cl)c1ccccc1. The standard InChI is InChI=1S/C15H10ClF3O2/c16-13(10-5-2-1-3-6-10)14(20)11-7-4-8-12(9-11)21-15(17,18)19/h1-9,13H. The van der Waals surface area contributed by atoms with E-state index in [1.54, 1.807) is 30.3 Å². The Morgan fingerprint density at radius 1 is 1.05 bits per heavy atom. The number of halogens is 4. The highest BCUT2D eigenvalue weighted by Crippen LogP contribution is 2.28. The zero-order chi connectivity index (χ0) is 15.5. The number of hydrogen-bond donors (Lipinski definition) is 0. The lowest BCUT2D eigenvalue weighted by molar-refractivity contribution is -0.274. The van der Waals surface area contributed by atoms with Crippen molar-refractivity contribution < 1.29 is 22.7 Å². The van der Waals surface area contributed by atoms with Crippen LogP contribution in [0, 0.1) is 0 Å². The van der Waals surface area contributed by atoms with E-state index < -0.39 is 23.3 Å². The van der Waals surface area contributed by atoms with Gasteiger partial charge in [-0.3, -0.25) is 4.79 Å². The van der Waals surface area contributed by atoms with Gasteiger partial charge in [-0.1, -0.05) is 42.5 Å². The van der Waals surface area contributed by atoms with Crippen molar-refractivity contribution in [1.82, 2.24) is 0 Å². The maximum atomic E-state index is 12.2. The van der Waals surface area contributed by atoms with Crippen LogP contribution < -0.4 is 4.74 Å². The number of ether oxygens (including phenoxy) is 1. The van der Waals surface area contributed by atoms with Crippen LogP contribution in [0.2, 0.25) is 0 Å². The van der Waals surface area contributed by atoms with Crippen LogP contribution in [0.1, 0.15) is 21.3 Å². The lowest BCUT2D eigenvalue weighted by atomic mass is 10.0. The number of carbonyl (C=O) groups is 1. The van der Waals surface area contributed by atoms with E-state index in [9.17, 15) is 18.0 Å². The molecule has 1 atom stereocenters. The fraction of sp³-hybridized carbons (Fsp3) is 0.133. The van der Waals surface area contributed by atoms with Crippen molar-refractivity contribution in [3.05, 3.63) is 65.7 Å². The van der Waals surface area contributed by atoms with E-state index in [2.05, 4.69) is 4.74 Å². The van der Waals surface area contributed by atoms with Crippen molar-refractivity contribution in [2.45, 2.75) is 11.7 Å². The molecular weight excluding hydrogens is 305 g/mol. The van der Waals surface area contributed by atoms with Gasteiger partial charge in [-0.25, -0.2) is 0 Å². The molecule has 0 saturated carbocycles. The Morgan fingerprint density at radius 2 is 1.71 bits per heavy atom. The van der Waals surface area contributed by atoms with Gasteiger partial charge in [-0.05, 0) is 17.7 Å². The molecule has 0 aliphatic heterocycles. The summed E-state index contributed by atoms with van der Waals surface area (Å²) in [7, 11) is 0. The molecule has 0 N–H and O–H groups in total. The first-order chi connectivity index (χ1) is 9.87. The maximum absolute atomic E-state index is 12.2. The molecule has 2 rings (SSSR count). The molecule has 0 bridgehead atoms. The number of rotatable bonds is 4.